The number of ether oxygens (including phenoxy) is 5. The second-order valence-electron chi connectivity index (χ2n) is 18.7. The van der Waals surface area contributed by atoms with Crippen LogP contribution in [0.15, 0.2) is 36.5 Å². The highest BCUT2D eigenvalue weighted by Crippen LogP contribution is 2.58. The Balaban J connectivity index is 1.36. The van der Waals surface area contributed by atoms with Gasteiger partial charge in [0.25, 0.3) is 5.92 Å². The SMILES string of the molecule is COCCOc1cnc(O[C@@H]2C[C@H]3C(=O)C[C@]4(C(=O)NS(=O)(=O)C5(C)CC5)C[C@H]4/C=C\CC[C@H](C)C[C@@H](C)[C@H](CC(=O)OC(C)(C)C(C)(F)F)C(=O)N3C2)c2ccc(OC)cc12. The molecule has 0 radical (unpaired) electrons. The first-order valence-corrected chi connectivity index (χ1v) is 22.9. The average molecular weight is 890 g/mol. The number of benzene rings is 1. The first-order valence-electron chi connectivity index (χ1n) is 21.5. The molecule has 2 amide bonds. The molecule has 342 valence electrons. The van der Waals surface area contributed by atoms with Gasteiger partial charge < -0.3 is 28.6 Å². The molecule has 1 saturated heterocycles. The zero-order chi connectivity index (χ0) is 45.4. The van der Waals surface area contributed by atoms with Crippen molar-refractivity contribution in [2.75, 3.05) is 34.0 Å². The first-order chi connectivity index (χ1) is 29.0. The summed E-state index contributed by atoms with van der Waals surface area (Å²) < 4.78 is 85.2. The van der Waals surface area contributed by atoms with Crippen LogP contribution in [0.5, 0.6) is 17.4 Å². The highest BCUT2D eigenvalue weighted by atomic mass is 32.2. The molecular formula is C45H61F2N3O11S. The van der Waals surface area contributed by atoms with Crippen LogP contribution < -0.4 is 18.9 Å². The molecule has 1 N–H and O–H groups in total. The number of hydrogen-bond acceptors (Lipinski definition) is 12. The highest BCUT2D eigenvalue weighted by molar-refractivity contribution is 7.91. The van der Waals surface area contributed by atoms with Crippen molar-refractivity contribution in [3.8, 4) is 17.4 Å². The first kappa shape index (κ1) is 47.1. The maximum absolute atomic E-state index is 15.0. The van der Waals surface area contributed by atoms with Crippen LogP contribution in [0.2, 0.25) is 0 Å². The molecule has 0 spiro atoms. The molecule has 1 aromatic carbocycles. The highest BCUT2D eigenvalue weighted by Gasteiger charge is 2.63. The fourth-order valence-electron chi connectivity index (χ4n) is 8.58. The molecule has 7 atom stereocenters. The van der Waals surface area contributed by atoms with E-state index in [2.05, 4.69) is 9.71 Å². The lowest BCUT2D eigenvalue weighted by molar-refractivity contribution is -0.197. The second kappa shape index (κ2) is 18.0. The lowest BCUT2D eigenvalue weighted by atomic mass is 9.82. The average Bonchev–Trinajstić information content (AvgIpc) is 4.08. The Morgan fingerprint density at radius 2 is 1.77 bits per heavy atom. The van der Waals surface area contributed by atoms with E-state index in [-0.39, 0.29) is 44.2 Å². The van der Waals surface area contributed by atoms with Crippen molar-refractivity contribution in [3.63, 3.8) is 0 Å². The number of nitrogens with one attached hydrogen (secondary N) is 1. The van der Waals surface area contributed by atoms with Crippen molar-refractivity contribution in [1.29, 1.82) is 0 Å². The molecule has 0 bridgehead atoms. The van der Waals surface area contributed by atoms with E-state index in [0.717, 1.165) is 13.8 Å². The summed E-state index contributed by atoms with van der Waals surface area (Å²) in [6.45, 7) is 8.78. The number of hydrogen-bond donors (Lipinski definition) is 1. The van der Waals surface area contributed by atoms with E-state index < -0.39 is 91.6 Å². The predicted molar refractivity (Wildman–Crippen MR) is 225 cm³/mol. The van der Waals surface area contributed by atoms with Crippen LogP contribution >= 0.6 is 0 Å². The lowest BCUT2D eigenvalue weighted by Gasteiger charge is -2.34. The largest absolute Gasteiger partial charge is 0.497 e. The molecule has 14 nitrogen and oxygen atoms in total. The smallest absolute Gasteiger partial charge is 0.307 e. The number of carbonyl (C=O) groups excluding carboxylic acids is 4. The van der Waals surface area contributed by atoms with Gasteiger partial charge in [0.15, 0.2) is 11.4 Å². The number of allylic oxidation sites excluding steroid dienone is 2. The van der Waals surface area contributed by atoms with Gasteiger partial charge in [-0.3, -0.25) is 23.9 Å². The van der Waals surface area contributed by atoms with E-state index in [1.54, 1.807) is 32.2 Å². The van der Waals surface area contributed by atoms with Gasteiger partial charge in [0.05, 0.1) is 55.0 Å². The molecule has 4 aliphatic rings. The second-order valence-corrected chi connectivity index (χ2v) is 20.9. The van der Waals surface area contributed by atoms with Gasteiger partial charge in [0.1, 0.15) is 24.2 Å². The molecule has 6 rings (SSSR count). The number of amides is 2. The van der Waals surface area contributed by atoms with E-state index in [0.29, 0.717) is 67.9 Å². The summed E-state index contributed by atoms with van der Waals surface area (Å²) in [4.78, 5) is 63.3. The third-order valence-corrected chi connectivity index (χ3v) is 15.6. The van der Waals surface area contributed by atoms with Crippen LogP contribution in [0.4, 0.5) is 8.78 Å². The Morgan fingerprint density at radius 3 is 2.44 bits per heavy atom. The third-order valence-electron chi connectivity index (χ3n) is 13.5. The van der Waals surface area contributed by atoms with Crippen LogP contribution in [-0.4, -0.2) is 104 Å². The Kier molecular flexibility index (Phi) is 13.7. The zero-order valence-electron chi connectivity index (χ0n) is 37.0. The number of alkyl halides is 2. The van der Waals surface area contributed by atoms with E-state index in [9.17, 15) is 31.6 Å². The molecule has 2 saturated carbocycles. The summed E-state index contributed by atoms with van der Waals surface area (Å²) in [5, 5.41) is 1.19. The van der Waals surface area contributed by atoms with Crippen molar-refractivity contribution in [2.24, 2.45) is 29.1 Å². The number of ketones is 1. The van der Waals surface area contributed by atoms with Crippen LogP contribution in [0.25, 0.3) is 10.8 Å². The number of Topliss-reactive ketones (excluding diaryl/α,β-unsaturated/α-hetero) is 1. The van der Waals surface area contributed by atoms with Gasteiger partial charge >= 0.3 is 5.97 Å². The molecule has 3 heterocycles. The Bertz CT molecular complexity index is 2170. The molecule has 0 unspecified atom stereocenters. The van der Waals surface area contributed by atoms with Crippen LogP contribution in [0.1, 0.15) is 99.3 Å². The summed E-state index contributed by atoms with van der Waals surface area (Å²) >= 11 is 0. The maximum Gasteiger partial charge on any atom is 0.307 e. The minimum atomic E-state index is -4.03. The van der Waals surface area contributed by atoms with Gasteiger partial charge in [-0.2, -0.15) is 0 Å². The summed E-state index contributed by atoms with van der Waals surface area (Å²) in [5.74, 6) is -6.80. The van der Waals surface area contributed by atoms with E-state index >= 15 is 4.79 Å². The fourth-order valence-corrected chi connectivity index (χ4v) is 9.91. The quantitative estimate of drug-likeness (QED) is 0.123. The number of rotatable bonds is 14. The number of methoxy groups -OCH3 is 2. The van der Waals surface area contributed by atoms with Gasteiger partial charge in [-0.05, 0) is 95.2 Å². The molecule has 2 aliphatic carbocycles. The molecule has 3 fully saturated rings. The van der Waals surface area contributed by atoms with Crippen LogP contribution in [0.3, 0.4) is 0 Å². The van der Waals surface area contributed by atoms with Crippen molar-refractivity contribution >= 4 is 44.4 Å². The minimum Gasteiger partial charge on any atom is -0.497 e. The lowest BCUT2D eigenvalue weighted by Crippen LogP contribution is -2.49. The summed E-state index contributed by atoms with van der Waals surface area (Å²) in [7, 11) is -0.934. The minimum absolute atomic E-state index is 0.0123. The number of fused-ring (bicyclic) bond motifs is 3. The maximum atomic E-state index is 15.0. The molecule has 62 heavy (non-hydrogen) atoms. The van der Waals surface area contributed by atoms with Gasteiger partial charge in [0, 0.05) is 37.6 Å². The number of pyridine rings is 1. The zero-order valence-corrected chi connectivity index (χ0v) is 37.8. The predicted octanol–water partition coefficient (Wildman–Crippen LogP) is 6.58. The molecule has 1 aromatic heterocycles. The molecular weight excluding hydrogens is 829 g/mol. The summed E-state index contributed by atoms with van der Waals surface area (Å²) in [6.07, 6.45) is 6.54. The standard InChI is InChI=1S/C45H61F2N3O11S/c1-27-11-9-10-12-29-23-45(29,41(54)49-62(55,56)43(5)15-16-43)24-36(51)35-21-31(60-39-32-14-13-30(58-8)20-34(32)37(25-48-39)59-18-17-57-7)26-50(35)40(53)33(28(2)19-27)22-38(52)61-42(3,4)44(6,46)47/h10,12-14,20,25,27-29,31,33,35H,9,11,15-19,21-24,26H2,1-8H3,(H,49,54)/b12-10-/t27-,28+,29+,31+,33-,35-,45+/m0/s1. The van der Waals surface area contributed by atoms with Crippen molar-refractivity contribution < 1.29 is 60.1 Å². The summed E-state index contributed by atoms with van der Waals surface area (Å²) in [6, 6.07) is 4.12. The number of nitrogens with zero attached hydrogens (tertiary/aromatic N) is 2. The number of aromatic nitrogens is 1. The normalized spacial score (nSPS) is 28.5. The topological polar surface area (TPSA) is 177 Å². The van der Waals surface area contributed by atoms with Crippen molar-refractivity contribution in [1.82, 2.24) is 14.6 Å². The number of carbonyl (C=O) groups is 4. The van der Waals surface area contributed by atoms with Crippen molar-refractivity contribution in [2.45, 2.75) is 128 Å². The Hall–Kier alpha value is -4.38. The monoisotopic (exact) mass is 889 g/mol. The van der Waals surface area contributed by atoms with Crippen LogP contribution in [0, 0.1) is 29.1 Å². The van der Waals surface area contributed by atoms with E-state index in [1.165, 1.54) is 18.2 Å². The molecule has 2 aliphatic heterocycles. The summed E-state index contributed by atoms with van der Waals surface area (Å²) in [5.41, 5.74) is -3.53. The van der Waals surface area contributed by atoms with E-state index in [1.807, 2.05) is 26.0 Å². The van der Waals surface area contributed by atoms with Crippen LogP contribution in [-0.2, 0) is 38.7 Å². The number of halogens is 2. The third kappa shape index (κ3) is 10.0. The molecule has 17 heteroatoms. The Morgan fingerprint density at radius 1 is 1.05 bits per heavy atom. The van der Waals surface area contributed by atoms with E-state index in [4.69, 9.17) is 23.7 Å². The number of esters is 1. The number of sulfonamides is 1. The van der Waals surface area contributed by atoms with Gasteiger partial charge in [-0.15, -0.1) is 0 Å². The van der Waals surface area contributed by atoms with Gasteiger partial charge in [-0.1, -0.05) is 26.0 Å². The van der Waals surface area contributed by atoms with Gasteiger partial charge in [0.2, 0.25) is 27.7 Å². The Labute approximate surface area is 362 Å². The molecule has 2 aromatic rings. The fraction of sp³-hybridized carbons (Fsp3) is 0.667. The van der Waals surface area contributed by atoms with Gasteiger partial charge in [-0.25, -0.2) is 22.2 Å². The van der Waals surface area contributed by atoms with Crippen molar-refractivity contribution in [3.05, 3.63) is 36.5 Å².